The molecule has 3 aromatic rings. The largest absolute Gasteiger partial charge is 0.497 e. The number of amides is 1. The summed E-state index contributed by atoms with van der Waals surface area (Å²) in [5.74, 6) is 0.125. The molecule has 0 atom stereocenters. The molecule has 1 aromatic heterocycles. The number of hydrogen-bond acceptors (Lipinski definition) is 7. The highest BCUT2D eigenvalue weighted by Gasteiger charge is 2.11. The SMILES string of the molecule is COc1cccc(Nc2nnc(SCC(=O)Nc3ccc(F)cc3Cl)s2)c1. The summed E-state index contributed by atoms with van der Waals surface area (Å²) >= 11 is 8.47. The molecular formula is C17H14ClFN4O2S2. The molecule has 2 N–H and O–H groups in total. The van der Waals surface area contributed by atoms with E-state index in [1.54, 1.807) is 7.11 Å². The van der Waals surface area contributed by atoms with Crippen molar-refractivity contribution in [2.24, 2.45) is 0 Å². The molecule has 1 heterocycles. The quantitative estimate of drug-likeness (QED) is 0.530. The normalized spacial score (nSPS) is 10.5. The smallest absolute Gasteiger partial charge is 0.234 e. The van der Waals surface area contributed by atoms with E-state index in [1.807, 2.05) is 24.3 Å². The molecule has 0 bridgehead atoms. The van der Waals surface area contributed by atoms with Gasteiger partial charge in [-0.15, -0.1) is 10.2 Å². The molecule has 3 rings (SSSR count). The van der Waals surface area contributed by atoms with Crippen molar-refractivity contribution in [3.8, 4) is 5.75 Å². The van der Waals surface area contributed by atoms with Crippen LogP contribution in [0.3, 0.4) is 0 Å². The summed E-state index contributed by atoms with van der Waals surface area (Å²) in [6, 6.07) is 11.2. The fraction of sp³-hybridized carbons (Fsp3) is 0.118. The van der Waals surface area contributed by atoms with E-state index >= 15 is 0 Å². The number of nitrogens with zero attached hydrogens (tertiary/aromatic N) is 2. The van der Waals surface area contributed by atoms with E-state index in [1.165, 1.54) is 35.2 Å². The molecule has 0 saturated carbocycles. The van der Waals surface area contributed by atoms with Crippen LogP contribution in [-0.4, -0.2) is 29.0 Å². The van der Waals surface area contributed by atoms with E-state index in [9.17, 15) is 9.18 Å². The Morgan fingerprint density at radius 1 is 1.30 bits per heavy atom. The maximum Gasteiger partial charge on any atom is 0.234 e. The van der Waals surface area contributed by atoms with E-state index in [0.717, 1.165) is 17.5 Å². The zero-order valence-electron chi connectivity index (χ0n) is 14.0. The molecule has 0 saturated heterocycles. The lowest BCUT2D eigenvalue weighted by Gasteiger charge is -2.06. The first-order valence-corrected chi connectivity index (χ1v) is 9.84. The summed E-state index contributed by atoms with van der Waals surface area (Å²) in [4.78, 5) is 12.0. The monoisotopic (exact) mass is 424 g/mol. The number of carbonyl (C=O) groups excluding carboxylic acids is 1. The fourth-order valence-electron chi connectivity index (χ4n) is 2.05. The third kappa shape index (κ3) is 5.56. The molecule has 1 amide bonds. The van der Waals surface area contributed by atoms with Crippen LogP contribution in [0.15, 0.2) is 46.8 Å². The standard InChI is InChI=1S/C17H14ClFN4O2S2/c1-25-12-4-2-3-11(8-12)20-16-22-23-17(27-16)26-9-15(24)21-14-6-5-10(19)7-13(14)18/h2-8H,9H2,1H3,(H,20,22)(H,21,24). The number of halogens is 2. The van der Waals surface area contributed by atoms with Crippen LogP contribution in [-0.2, 0) is 4.79 Å². The Hall–Kier alpha value is -2.36. The van der Waals surface area contributed by atoms with Gasteiger partial charge in [0, 0.05) is 11.8 Å². The second-order valence-corrected chi connectivity index (χ2v) is 7.80. The van der Waals surface area contributed by atoms with Gasteiger partial charge in [0.05, 0.1) is 23.6 Å². The average Bonchev–Trinajstić information content (AvgIpc) is 3.10. The number of rotatable bonds is 7. The Balaban J connectivity index is 1.53. The van der Waals surface area contributed by atoms with Crippen LogP contribution in [0, 0.1) is 5.82 Å². The molecule has 0 aliphatic carbocycles. The first kappa shape index (κ1) is 19.4. The fourth-order valence-corrected chi connectivity index (χ4v) is 3.83. The number of nitrogens with one attached hydrogen (secondary N) is 2. The highest BCUT2D eigenvalue weighted by Crippen LogP contribution is 2.29. The molecule has 2 aromatic carbocycles. The highest BCUT2D eigenvalue weighted by molar-refractivity contribution is 8.01. The molecule has 0 aliphatic rings. The third-order valence-electron chi connectivity index (χ3n) is 3.26. The van der Waals surface area contributed by atoms with Gasteiger partial charge < -0.3 is 15.4 Å². The van der Waals surface area contributed by atoms with E-state index in [-0.39, 0.29) is 16.7 Å². The third-order valence-corrected chi connectivity index (χ3v) is 5.54. The summed E-state index contributed by atoms with van der Waals surface area (Å²) in [6.07, 6.45) is 0. The number of hydrogen-bond donors (Lipinski definition) is 2. The second kappa shape index (κ2) is 9.03. The van der Waals surface area contributed by atoms with E-state index in [0.29, 0.717) is 15.2 Å². The minimum absolute atomic E-state index is 0.126. The van der Waals surface area contributed by atoms with E-state index < -0.39 is 5.82 Å². The maximum atomic E-state index is 13.0. The van der Waals surface area contributed by atoms with E-state index in [2.05, 4.69) is 20.8 Å². The summed E-state index contributed by atoms with van der Waals surface area (Å²) in [5, 5.41) is 14.6. The summed E-state index contributed by atoms with van der Waals surface area (Å²) in [7, 11) is 1.60. The van der Waals surface area contributed by atoms with Crippen molar-refractivity contribution >= 4 is 57.1 Å². The minimum atomic E-state index is -0.461. The Labute approximate surface area is 168 Å². The maximum absolute atomic E-state index is 13.0. The molecule has 10 heteroatoms. The van der Waals surface area contributed by atoms with Crippen molar-refractivity contribution < 1.29 is 13.9 Å². The van der Waals surface area contributed by atoms with Crippen LogP contribution in [0.25, 0.3) is 0 Å². The molecule has 27 heavy (non-hydrogen) atoms. The Morgan fingerprint density at radius 2 is 2.15 bits per heavy atom. The van der Waals surface area contributed by atoms with Crippen molar-refractivity contribution in [2.75, 3.05) is 23.5 Å². The van der Waals surface area contributed by atoms with Gasteiger partial charge in [0.1, 0.15) is 11.6 Å². The lowest BCUT2D eigenvalue weighted by atomic mass is 10.3. The Morgan fingerprint density at radius 3 is 2.93 bits per heavy atom. The van der Waals surface area contributed by atoms with Crippen LogP contribution in [0.5, 0.6) is 5.75 Å². The Kier molecular flexibility index (Phi) is 6.49. The molecule has 0 spiro atoms. The molecular weight excluding hydrogens is 411 g/mol. The van der Waals surface area contributed by atoms with Crippen LogP contribution < -0.4 is 15.4 Å². The number of thioether (sulfide) groups is 1. The van der Waals surface area contributed by atoms with Crippen molar-refractivity contribution in [1.82, 2.24) is 10.2 Å². The number of methoxy groups -OCH3 is 1. The van der Waals surface area contributed by atoms with Gasteiger partial charge in [0.15, 0.2) is 4.34 Å². The van der Waals surface area contributed by atoms with Gasteiger partial charge in [-0.1, -0.05) is 40.8 Å². The Bertz CT molecular complexity index is 954. The van der Waals surface area contributed by atoms with Gasteiger partial charge in [-0.25, -0.2) is 4.39 Å². The topological polar surface area (TPSA) is 76.1 Å². The van der Waals surface area contributed by atoms with Gasteiger partial charge in [-0.2, -0.15) is 0 Å². The summed E-state index contributed by atoms with van der Waals surface area (Å²) < 4.78 is 18.8. The lowest BCUT2D eigenvalue weighted by molar-refractivity contribution is -0.113. The molecule has 0 aliphatic heterocycles. The predicted molar refractivity (Wildman–Crippen MR) is 107 cm³/mol. The van der Waals surface area contributed by atoms with Crippen LogP contribution in [0.2, 0.25) is 5.02 Å². The number of benzene rings is 2. The molecule has 6 nitrogen and oxygen atoms in total. The van der Waals surface area contributed by atoms with Crippen molar-refractivity contribution in [3.05, 3.63) is 53.3 Å². The van der Waals surface area contributed by atoms with Crippen molar-refractivity contribution in [1.29, 1.82) is 0 Å². The molecule has 0 fully saturated rings. The van der Waals surface area contributed by atoms with Crippen LogP contribution >= 0.6 is 34.7 Å². The predicted octanol–water partition coefficient (Wildman–Crippen LogP) is 4.81. The molecule has 140 valence electrons. The van der Waals surface area contributed by atoms with Gasteiger partial charge in [0.25, 0.3) is 0 Å². The molecule has 0 radical (unpaired) electrons. The number of carbonyl (C=O) groups is 1. The molecule has 0 unspecified atom stereocenters. The number of ether oxygens (including phenoxy) is 1. The number of anilines is 3. The second-order valence-electron chi connectivity index (χ2n) is 5.19. The first-order chi connectivity index (χ1) is 13.0. The zero-order chi connectivity index (χ0) is 19.2. The van der Waals surface area contributed by atoms with Gasteiger partial charge in [-0.3, -0.25) is 4.79 Å². The lowest BCUT2D eigenvalue weighted by Crippen LogP contribution is -2.14. The van der Waals surface area contributed by atoms with Crippen molar-refractivity contribution in [2.45, 2.75) is 4.34 Å². The number of aromatic nitrogens is 2. The van der Waals surface area contributed by atoms with E-state index in [4.69, 9.17) is 16.3 Å². The van der Waals surface area contributed by atoms with Gasteiger partial charge in [-0.05, 0) is 30.3 Å². The van der Waals surface area contributed by atoms with Crippen LogP contribution in [0.4, 0.5) is 20.9 Å². The zero-order valence-corrected chi connectivity index (χ0v) is 16.4. The first-order valence-electron chi connectivity index (χ1n) is 7.66. The summed E-state index contributed by atoms with van der Waals surface area (Å²) in [5.41, 5.74) is 1.19. The van der Waals surface area contributed by atoms with Gasteiger partial charge >= 0.3 is 0 Å². The van der Waals surface area contributed by atoms with Gasteiger partial charge in [0.2, 0.25) is 11.0 Å². The minimum Gasteiger partial charge on any atom is -0.497 e. The average molecular weight is 425 g/mol. The highest BCUT2D eigenvalue weighted by atomic mass is 35.5. The van der Waals surface area contributed by atoms with Crippen molar-refractivity contribution in [3.63, 3.8) is 0 Å². The van der Waals surface area contributed by atoms with Crippen LogP contribution in [0.1, 0.15) is 0 Å². The summed E-state index contributed by atoms with van der Waals surface area (Å²) in [6.45, 7) is 0.